The summed E-state index contributed by atoms with van der Waals surface area (Å²) in [5.41, 5.74) is 1.73. The molecule has 0 radical (unpaired) electrons. The number of methoxy groups -OCH3 is 1. The predicted octanol–water partition coefficient (Wildman–Crippen LogP) is 5.12. The van der Waals surface area contributed by atoms with Gasteiger partial charge in [0.1, 0.15) is 11.5 Å². The molecule has 3 aromatic carbocycles. The number of anilines is 2. The quantitative estimate of drug-likeness (QED) is 0.504. The zero-order valence-corrected chi connectivity index (χ0v) is 18.1. The number of carbonyl (C=O) groups is 2. The second kappa shape index (κ2) is 9.93. The minimum Gasteiger partial charge on any atom is -0.495 e. The molecule has 0 aromatic heterocycles. The lowest BCUT2D eigenvalue weighted by Gasteiger charge is -2.15. The topological polar surface area (TPSA) is 76.7 Å². The van der Waals surface area contributed by atoms with Crippen molar-refractivity contribution in [2.45, 2.75) is 13.0 Å². The molecule has 0 heterocycles. The van der Waals surface area contributed by atoms with E-state index in [1.165, 1.54) is 0 Å². The van der Waals surface area contributed by atoms with Gasteiger partial charge in [-0.25, -0.2) is 0 Å². The van der Waals surface area contributed by atoms with E-state index in [9.17, 15) is 9.59 Å². The van der Waals surface area contributed by atoms with Gasteiger partial charge < -0.3 is 20.1 Å². The Hall–Kier alpha value is -3.32. The molecule has 0 bridgehead atoms. The third kappa shape index (κ3) is 5.61. The van der Waals surface area contributed by atoms with Crippen molar-refractivity contribution >= 4 is 39.1 Å². The van der Waals surface area contributed by atoms with Gasteiger partial charge in [-0.1, -0.05) is 28.1 Å². The van der Waals surface area contributed by atoms with Crippen LogP contribution < -0.4 is 20.1 Å². The molecule has 3 aromatic rings. The Labute approximate surface area is 183 Å². The first-order valence-electron chi connectivity index (χ1n) is 9.24. The van der Waals surface area contributed by atoms with E-state index in [-0.39, 0.29) is 11.8 Å². The molecule has 0 saturated carbocycles. The molecule has 0 aliphatic heterocycles. The van der Waals surface area contributed by atoms with Gasteiger partial charge in [-0.2, -0.15) is 0 Å². The lowest BCUT2D eigenvalue weighted by atomic mass is 10.2. The van der Waals surface area contributed by atoms with Crippen LogP contribution in [0.1, 0.15) is 17.3 Å². The number of benzene rings is 3. The summed E-state index contributed by atoms with van der Waals surface area (Å²) in [7, 11) is 1.55. The van der Waals surface area contributed by atoms with Gasteiger partial charge in [0.2, 0.25) is 0 Å². The number of halogens is 1. The fourth-order valence-corrected chi connectivity index (χ4v) is 2.93. The van der Waals surface area contributed by atoms with Gasteiger partial charge in [0.15, 0.2) is 6.10 Å². The van der Waals surface area contributed by atoms with Crippen molar-refractivity contribution < 1.29 is 19.1 Å². The predicted molar refractivity (Wildman–Crippen MR) is 120 cm³/mol. The molecule has 2 amide bonds. The summed E-state index contributed by atoms with van der Waals surface area (Å²) in [6.07, 6.45) is -0.707. The van der Waals surface area contributed by atoms with Gasteiger partial charge in [-0.15, -0.1) is 0 Å². The lowest BCUT2D eigenvalue weighted by Crippen LogP contribution is -2.30. The molecule has 0 spiro atoms. The number of nitrogens with one attached hydrogen (secondary N) is 2. The molecular weight excluding hydrogens is 448 g/mol. The third-order valence-corrected chi connectivity index (χ3v) is 4.79. The van der Waals surface area contributed by atoms with Gasteiger partial charge in [0.25, 0.3) is 11.8 Å². The Bertz CT molecular complexity index is 1020. The number of amides is 2. The number of hydrogen-bond acceptors (Lipinski definition) is 4. The molecule has 0 saturated heterocycles. The highest BCUT2D eigenvalue weighted by Gasteiger charge is 2.15. The summed E-state index contributed by atoms with van der Waals surface area (Å²) in [4.78, 5) is 24.8. The highest BCUT2D eigenvalue weighted by molar-refractivity contribution is 9.10. The first kappa shape index (κ1) is 21.4. The Morgan fingerprint density at radius 2 is 1.57 bits per heavy atom. The van der Waals surface area contributed by atoms with Crippen LogP contribution in [-0.2, 0) is 4.79 Å². The maximum Gasteiger partial charge on any atom is 0.265 e. The van der Waals surface area contributed by atoms with Crippen LogP contribution in [0.3, 0.4) is 0 Å². The minimum atomic E-state index is -0.707. The second-order valence-corrected chi connectivity index (χ2v) is 7.35. The summed E-state index contributed by atoms with van der Waals surface area (Å²) < 4.78 is 11.9. The minimum absolute atomic E-state index is 0.268. The summed E-state index contributed by atoms with van der Waals surface area (Å²) in [6, 6.07) is 21.0. The van der Waals surface area contributed by atoms with Crippen LogP contribution in [0.5, 0.6) is 11.5 Å². The molecule has 1 atom stereocenters. The van der Waals surface area contributed by atoms with Crippen molar-refractivity contribution in [2.24, 2.45) is 0 Å². The van der Waals surface area contributed by atoms with Crippen LogP contribution in [0.15, 0.2) is 77.3 Å². The number of para-hydroxylation sites is 2. The zero-order chi connectivity index (χ0) is 21.5. The fourth-order valence-electron chi connectivity index (χ4n) is 2.66. The van der Waals surface area contributed by atoms with Gasteiger partial charge in [-0.05, 0) is 67.6 Å². The summed E-state index contributed by atoms with van der Waals surface area (Å²) in [5, 5.41) is 5.61. The van der Waals surface area contributed by atoms with E-state index in [2.05, 4.69) is 26.6 Å². The van der Waals surface area contributed by atoms with E-state index in [0.717, 1.165) is 4.47 Å². The summed E-state index contributed by atoms with van der Waals surface area (Å²) in [6.45, 7) is 1.66. The van der Waals surface area contributed by atoms with Crippen LogP contribution >= 0.6 is 15.9 Å². The third-order valence-electron chi connectivity index (χ3n) is 4.27. The largest absolute Gasteiger partial charge is 0.495 e. The lowest BCUT2D eigenvalue weighted by molar-refractivity contribution is -0.122. The van der Waals surface area contributed by atoms with Crippen molar-refractivity contribution in [3.63, 3.8) is 0 Å². The van der Waals surface area contributed by atoms with E-state index in [1.807, 2.05) is 24.3 Å². The molecule has 0 fully saturated rings. The molecule has 2 N–H and O–H groups in total. The molecular formula is C23H21BrN2O4. The number of hydrogen-bond donors (Lipinski definition) is 2. The maximum absolute atomic E-state index is 12.5. The average Bonchev–Trinajstić information content (AvgIpc) is 2.76. The molecule has 0 unspecified atom stereocenters. The molecule has 6 nitrogen and oxygen atoms in total. The number of carbonyl (C=O) groups excluding carboxylic acids is 2. The van der Waals surface area contributed by atoms with Gasteiger partial charge in [0, 0.05) is 15.7 Å². The van der Waals surface area contributed by atoms with Crippen molar-refractivity contribution in [2.75, 3.05) is 17.7 Å². The van der Waals surface area contributed by atoms with Crippen LogP contribution in [-0.4, -0.2) is 25.0 Å². The van der Waals surface area contributed by atoms with Crippen LogP contribution in [0.4, 0.5) is 11.4 Å². The summed E-state index contributed by atoms with van der Waals surface area (Å²) in [5.74, 6) is 0.529. The first-order chi connectivity index (χ1) is 14.5. The molecule has 7 heteroatoms. The molecule has 154 valence electrons. The van der Waals surface area contributed by atoms with Gasteiger partial charge in [0.05, 0.1) is 12.8 Å². The van der Waals surface area contributed by atoms with Crippen molar-refractivity contribution in [1.82, 2.24) is 0 Å². The molecule has 0 aliphatic carbocycles. The first-order valence-corrected chi connectivity index (χ1v) is 10.0. The highest BCUT2D eigenvalue weighted by Crippen LogP contribution is 2.24. The molecule has 30 heavy (non-hydrogen) atoms. The Balaban J connectivity index is 1.58. The SMILES string of the molecule is COc1ccccc1NC(=O)c1ccc(O[C@@H](C)C(=O)Nc2ccc(Br)cc2)cc1. The number of rotatable bonds is 7. The smallest absolute Gasteiger partial charge is 0.265 e. The Kier molecular flexibility index (Phi) is 7.08. The standard InChI is InChI=1S/C23H21BrN2O4/c1-15(22(27)25-18-11-9-17(24)10-12-18)30-19-13-7-16(8-14-19)23(28)26-20-5-3-4-6-21(20)29-2/h3-15H,1-2H3,(H,25,27)(H,26,28)/t15-/m0/s1. The van der Waals surface area contributed by atoms with Crippen molar-refractivity contribution in [3.05, 3.63) is 82.8 Å². The van der Waals surface area contributed by atoms with E-state index in [0.29, 0.717) is 28.4 Å². The monoisotopic (exact) mass is 468 g/mol. The second-order valence-electron chi connectivity index (χ2n) is 6.44. The number of ether oxygens (including phenoxy) is 2. The van der Waals surface area contributed by atoms with Crippen molar-refractivity contribution in [3.8, 4) is 11.5 Å². The highest BCUT2D eigenvalue weighted by atomic mass is 79.9. The zero-order valence-electron chi connectivity index (χ0n) is 16.5. The van der Waals surface area contributed by atoms with Crippen molar-refractivity contribution in [1.29, 1.82) is 0 Å². The van der Waals surface area contributed by atoms with E-state index in [1.54, 1.807) is 62.6 Å². The molecule has 0 aliphatic rings. The normalized spacial score (nSPS) is 11.3. The van der Waals surface area contributed by atoms with Gasteiger partial charge in [-0.3, -0.25) is 9.59 Å². The van der Waals surface area contributed by atoms with Gasteiger partial charge >= 0.3 is 0 Å². The Morgan fingerprint density at radius 3 is 2.23 bits per heavy atom. The van der Waals surface area contributed by atoms with Crippen LogP contribution in [0.2, 0.25) is 0 Å². The molecule has 3 rings (SSSR count). The van der Waals surface area contributed by atoms with E-state index < -0.39 is 6.10 Å². The van der Waals surface area contributed by atoms with E-state index in [4.69, 9.17) is 9.47 Å². The average molecular weight is 469 g/mol. The van der Waals surface area contributed by atoms with E-state index >= 15 is 0 Å². The Morgan fingerprint density at radius 1 is 0.900 bits per heavy atom. The fraction of sp³-hybridized carbons (Fsp3) is 0.130. The maximum atomic E-state index is 12.5. The van der Waals surface area contributed by atoms with Crippen LogP contribution in [0.25, 0.3) is 0 Å². The van der Waals surface area contributed by atoms with Crippen LogP contribution in [0, 0.1) is 0 Å². The summed E-state index contributed by atoms with van der Waals surface area (Å²) >= 11 is 3.35.